The van der Waals surface area contributed by atoms with Crippen LogP contribution in [-0.2, 0) is 6.42 Å². The molecule has 1 rings (SSSR count). The summed E-state index contributed by atoms with van der Waals surface area (Å²) in [6.45, 7) is 3.94. The van der Waals surface area contributed by atoms with Crippen molar-refractivity contribution in [2.75, 3.05) is 0 Å². The lowest BCUT2D eigenvalue weighted by atomic mass is 10.1. The molecule has 0 aliphatic heterocycles. The summed E-state index contributed by atoms with van der Waals surface area (Å²) < 4.78 is 4.48. The molecule has 4 nitrogen and oxygen atoms in total. The molecule has 0 aliphatic rings. The molecular formula is C10H18N2O2. The van der Waals surface area contributed by atoms with E-state index < -0.39 is 0 Å². The zero-order valence-corrected chi connectivity index (χ0v) is 8.95. The first-order valence-electron chi connectivity index (χ1n) is 5.31. The SMILES string of the molecule is CCCCCCCc1no[n+]([O-])c1C. The second kappa shape index (κ2) is 5.62. The van der Waals surface area contributed by atoms with Gasteiger partial charge in [-0.05, 0) is 11.3 Å². The van der Waals surface area contributed by atoms with Gasteiger partial charge in [-0.3, -0.25) is 4.63 Å². The Labute approximate surface area is 84.4 Å². The van der Waals surface area contributed by atoms with E-state index in [2.05, 4.69) is 16.7 Å². The van der Waals surface area contributed by atoms with Crippen molar-refractivity contribution in [1.82, 2.24) is 5.16 Å². The summed E-state index contributed by atoms with van der Waals surface area (Å²) in [6, 6.07) is 0. The van der Waals surface area contributed by atoms with E-state index in [1.54, 1.807) is 6.92 Å². The van der Waals surface area contributed by atoms with Gasteiger partial charge in [0, 0.05) is 18.5 Å². The normalized spacial score (nSPS) is 10.7. The standard InChI is InChI=1S/C10H18N2O2/c1-3-4-5-6-7-8-10-9(2)12(13)14-11-10/h3-8H2,1-2H3. The molecule has 0 radical (unpaired) electrons. The highest BCUT2D eigenvalue weighted by molar-refractivity contribution is 5.00. The molecule has 0 aliphatic carbocycles. The van der Waals surface area contributed by atoms with Crippen LogP contribution >= 0.6 is 0 Å². The summed E-state index contributed by atoms with van der Waals surface area (Å²) in [6.07, 6.45) is 6.97. The minimum absolute atomic E-state index is 0.474. The smallest absolute Gasteiger partial charge is 0.220 e. The van der Waals surface area contributed by atoms with E-state index in [1.165, 1.54) is 25.7 Å². The van der Waals surface area contributed by atoms with Crippen LogP contribution in [0.1, 0.15) is 50.4 Å². The number of aromatic nitrogens is 2. The summed E-state index contributed by atoms with van der Waals surface area (Å²) in [5.41, 5.74) is 1.40. The lowest BCUT2D eigenvalue weighted by Crippen LogP contribution is -2.26. The van der Waals surface area contributed by atoms with E-state index in [1.807, 2.05) is 0 Å². The van der Waals surface area contributed by atoms with Crippen LogP contribution in [-0.4, -0.2) is 5.16 Å². The molecule has 0 aromatic carbocycles. The Bertz CT molecular complexity index is 271. The summed E-state index contributed by atoms with van der Waals surface area (Å²) in [4.78, 5) is 0.474. The van der Waals surface area contributed by atoms with Crippen LogP contribution in [0.25, 0.3) is 0 Å². The Morgan fingerprint density at radius 2 is 2.00 bits per heavy atom. The van der Waals surface area contributed by atoms with Crippen LogP contribution in [0.3, 0.4) is 0 Å². The Kier molecular flexibility index (Phi) is 4.43. The summed E-state index contributed by atoms with van der Waals surface area (Å²) in [5, 5.41) is 14.6. The maximum Gasteiger partial charge on any atom is 0.220 e. The molecule has 80 valence electrons. The van der Waals surface area contributed by atoms with Gasteiger partial charge in [-0.25, -0.2) is 0 Å². The maximum absolute atomic E-state index is 10.9. The van der Waals surface area contributed by atoms with E-state index in [4.69, 9.17) is 0 Å². The lowest BCUT2D eigenvalue weighted by Gasteiger charge is -1.95. The molecule has 1 aromatic rings. The first-order chi connectivity index (χ1) is 6.75. The second-order valence-electron chi connectivity index (χ2n) is 3.63. The van der Waals surface area contributed by atoms with Gasteiger partial charge >= 0.3 is 0 Å². The third kappa shape index (κ3) is 3.01. The van der Waals surface area contributed by atoms with Gasteiger partial charge in [0.25, 0.3) is 0 Å². The molecule has 0 spiro atoms. The monoisotopic (exact) mass is 198 g/mol. The van der Waals surface area contributed by atoms with E-state index in [9.17, 15) is 5.21 Å². The first kappa shape index (κ1) is 11.0. The van der Waals surface area contributed by atoms with Crippen molar-refractivity contribution < 1.29 is 9.53 Å². The van der Waals surface area contributed by atoms with Crippen molar-refractivity contribution in [3.63, 3.8) is 0 Å². The van der Waals surface area contributed by atoms with Crippen LogP contribution in [0, 0.1) is 12.1 Å². The zero-order valence-electron chi connectivity index (χ0n) is 8.95. The largest absolute Gasteiger partial charge is 0.359 e. The molecule has 4 heteroatoms. The summed E-state index contributed by atoms with van der Waals surface area (Å²) in [7, 11) is 0. The highest BCUT2D eigenvalue weighted by Crippen LogP contribution is 2.08. The van der Waals surface area contributed by atoms with Crippen molar-refractivity contribution in [3.05, 3.63) is 16.6 Å². The average molecular weight is 198 g/mol. The van der Waals surface area contributed by atoms with Gasteiger partial charge in [-0.2, -0.15) is 0 Å². The molecule has 1 heterocycles. The van der Waals surface area contributed by atoms with Crippen LogP contribution in [0.4, 0.5) is 0 Å². The quantitative estimate of drug-likeness (QED) is 0.519. The molecule has 1 aromatic heterocycles. The number of rotatable bonds is 6. The molecule has 0 N–H and O–H groups in total. The average Bonchev–Trinajstić information content (AvgIpc) is 2.49. The van der Waals surface area contributed by atoms with Crippen molar-refractivity contribution in [2.24, 2.45) is 0 Å². The van der Waals surface area contributed by atoms with Gasteiger partial charge in [0.2, 0.25) is 5.69 Å². The summed E-state index contributed by atoms with van der Waals surface area (Å²) >= 11 is 0. The van der Waals surface area contributed by atoms with Gasteiger partial charge in [-0.1, -0.05) is 32.6 Å². The predicted octanol–water partition coefficient (Wildman–Crippen LogP) is 2.13. The fourth-order valence-corrected chi connectivity index (χ4v) is 1.44. The van der Waals surface area contributed by atoms with Crippen molar-refractivity contribution >= 4 is 0 Å². The van der Waals surface area contributed by atoms with Crippen LogP contribution in [0.2, 0.25) is 0 Å². The van der Waals surface area contributed by atoms with Crippen LogP contribution in [0.15, 0.2) is 4.63 Å². The molecule has 0 bridgehead atoms. The summed E-state index contributed by atoms with van der Waals surface area (Å²) in [5.74, 6) is 0. The topological polar surface area (TPSA) is 53.0 Å². The highest BCUT2D eigenvalue weighted by Gasteiger charge is 2.12. The molecule has 0 saturated carbocycles. The third-order valence-electron chi connectivity index (χ3n) is 2.43. The van der Waals surface area contributed by atoms with Gasteiger partial charge < -0.3 is 5.21 Å². The number of nitrogens with zero attached hydrogens (tertiary/aromatic N) is 2. The number of hydrogen-bond donors (Lipinski definition) is 0. The molecule has 0 fully saturated rings. The Hall–Kier alpha value is -1.06. The van der Waals surface area contributed by atoms with Gasteiger partial charge in [-0.15, -0.1) is 0 Å². The van der Waals surface area contributed by atoms with E-state index >= 15 is 0 Å². The lowest BCUT2D eigenvalue weighted by molar-refractivity contribution is -0.806. The van der Waals surface area contributed by atoms with E-state index in [0.717, 1.165) is 18.5 Å². The van der Waals surface area contributed by atoms with Crippen molar-refractivity contribution in [2.45, 2.75) is 52.4 Å². The van der Waals surface area contributed by atoms with Crippen molar-refractivity contribution in [1.29, 1.82) is 0 Å². The highest BCUT2D eigenvalue weighted by atomic mass is 16.8. The van der Waals surface area contributed by atoms with Gasteiger partial charge in [0.15, 0.2) is 5.69 Å². The second-order valence-corrected chi connectivity index (χ2v) is 3.63. The fourth-order valence-electron chi connectivity index (χ4n) is 1.44. The minimum atomic E-state index is 0.474. The minimum Gasteiger partial charge on any atom is -0.359 e. The Morgan fingerprint density at radius 3 is 2.57 bits per heavy atom. The molecular weight excluding hydrogens is 180 g/mol. The van der Waals surface area contributed by atoms with E-state index in [0.29, 0.717) is 10.6 Å². The predicted molar refractivity (Wildman–Crippen MR) is 52.7 cm³/mol. The maximum atomic E-state index is 10.9. The van der Waals surface area contributed by atoms with E-state index in [-0.39, 0.29) is 0 Å². The number of hydrogen-bond acceptors (Lipinski definition) is 3. The molecule has 14 heavy (non-hydrogen) atoms. The Morgan fingerprint density at radius 1 is 1.29 bits per heavy atom. The zero-order chi connectivity index (χ0) is 10.4. The third-order valence-corrected chi connectivity index (χ3v) is 2.43. The van der Waals surface area contributed by atoms with Crippen LogP contribution in [0.5, 0.6) is 0 Å². The molecule has 0 amide bonds. The Balaban J connectivity index is 2.21. The fraction of sp³-hybridized carbons (Fsp3) is 0.800. The molecule has 0 unspecified atom stereocenters. The number of aryl methyl sites for hydroxylation is 1. The van der Waals surface area contributed by atoms with Gasteiger partial charge in [0.05, 0.1) is 0 Å². The first-order valence-corrected chi connectivity index (χ1v) is 5.31. The van der Waals surface area contributed by atoms with Crippen LogP contribution < -0.4 is 4.90 Å². The van der Waals surface area contributed by atoms with Crippen molar-refractivity contribution in [3.8, 4) is 0 Å². The molecule has 0 atom stereocenters. The molecule has 0 saturated heterocycles. The number of unbranched alkanes of at least 4 members (excludes halogenated alkanes) is 4. The van der Waals surface area contributed by atoms with Gasteiger partial charge in [0.1, 0.15) is 0 Å².